The van der Waals surface area contributed by atoms with Gasteiger partial charge in [-0.3, -0.25) is 0 Å². The van der Waals surface area contributed by atoms with Gasteiger partial charge in [0.15, 0.2) is 0 Å². The van der Waals surface area contributed by atoms with Gasteiger partial charge in [-0.15, -0.1) is 47.0 Å². The molecule has 0 saturated carbocycles. The zero-order chi connectivity index (χ0) is 31.9. The third kappa shape index (κ3) is 5.76. The number of rotatable bonds is 4. The van der Waals surface area contributed by atoms with Gasteiger partial charge in [0.25, 0.3) is 0 Å². The molecule has 4 aliphatic heterocycles. The first kappa shape index (κ1) is 30.5. The molecule has 2 fully saturated rings. The molecule has 8 heteroatoms. The van der Waals surface area contributed by atoms with Crippen molar-refractivity contribution in [1.82, 2.24) is 19.9 Å². The highest BCUT2D eigenvalue weighted by atomic mass is 32.2. The van der Waals surface area contributed by atoms with Crippen molar-refractivity contribution in [3.8, 4) is 22.3 Å². The molecule has 0 unspecified atom stereocenters. The van der Waals surface area contributed by atoms with E-state index in [1.54, 1.807) is 0 Å². The number of fused-ring (bicyclic) bond motifs is 8. The van der Waals surface area contributed by atoms with E-state index in [4.69, 9.17) is 9.97 Å². The van der Waals surface area contributed by atoms with Crippen molar-refractivity contribution in [3.05, 3.63) is 119 Å². The van der Waals surface area contributed by atoms with E-state index in [9.17, 15) is 0 Å². The maximum absolute atomic E-state index is 5.43. The molecule has 7 heterocycles. The smallest absolute Gasteiger partial charge is 0.0793 e. The van der Waals surface area contributed by atoms with E-state index in [2.05, 4.69) is 119 Å². The number of nitrogens with zero attached hydrogens (tertiary/aromatic N) is 2. The van der Waals surface area contributed by atoms with E-state index in [1.165, 1.54) is 35.5 Å². The second-order valence-electron chi connectivity index (χ2n) is 12.2. The largest absolute Gasteiger partial charge is 0.355 e. The first-order valence-corrected chi connectivity index (χ1v) is 20.7. The summed E-state index contributed by atoms with van der Waals surface area (Å²) in [7, 11) is 0. The molecule has 2 saturated heterocycles. The monoisotopic (exact) mass is 698 g/mol. The molecule has 8 bridgehead atoms. The Hall–Kier alpha value is -3.56. The zero-order valence-electron chi connectivity index (χ0n) is 26.3. The van der Waals surface area contributed by atoms with Crippen LogP contribution in [0.4, 0.5) is 0 Å². The average Bonchev–Trinajstić information content (AvgIpc) is 3.98. The van der Waals surface area contributed by atoms with Crippen molar-refractivity contribution in [1.29, 1.82) is 0 Å². The highest BCUT2D eigenvalue weighted by molar-refractivity contribution is 8.17. The Morgan fingerprint density at radius 3 is 1.29 bits per heavy atom. The summed E-state index contributed by atoms with van der Waals surface area (Å²) in [6.07, 6.45) is 11.3. The summed E-state index contributed by atoms with van der Waals surface area (Å²) < 4.78 is 0.603. The lowest BCUT2D eigenvalue weighted by atomic mass is 10.0. The van der Waals surface area contributed by atoms with Gasteiger partial charge in [-0.2, -0.15) is 0 Å². The van der Waals surface area contributed by atoms with Gasteiger partial charge in [0.2, 0.25) is 0 Å². The van der Waals surface area contributed by atoms with Gasteiger partial charge in [-0.25, -0.2) is 9.97 Å². The molecule has 0 atom stereocenters. The summed E-state index contributed by atoms with van der Waals surface area (Å²) in [5, 5.41) is 0. The number of hydrogen-bond acceptors (Lipinski definition) is 6. The minimum Gasteiger partial charge on any atom is -0.355 e. The van der Waals surface area contributed by atoms with Crippen LogP contribution < -0.4 is 0 Å². The molecule has 0 amide bonds. The number of H-pyrrole nitrogens is 2. The lowest BCUT2D eigenvalue weighted by Gasteiger charge is -2.22. The molecule has 2 aromatic carbocycles. The molecule has 4 aliphatic rings. The SMILES string of the molecule is C1=Cc2nc1c(C1SCCCS1)c1nc(c(-c3ccccc3)c3ccc([nH]3)c(C3SCCCS3)c3ccc([nH]3)c2-c2ccccc2)C=C1. The van der Waals surface area contributed by atoms with Gasteiger partial charge in [0, 0.05) is 44.3 Å². The molecule has 9 rings (SSSR count). The maximum Gasteiger partial charge on any atom is 0.0793 e. The summed E-state index contributed by atoms with van der Waals surface area (Å²) in [5.41, 5.74) is 15.5. The van der Waals surface area contributed by atoms with Crippen molar-refractivity contribution in [2.24, 2.45) is 0 Å². The number of hydrogen-bond donors (Lipinski definition) is 2. The quantitative estimate of drug-likeness (QED) is 0.191. The Bertz CT molecular complexity index is 2070. The third-order valence-corrected chi connectivity index (χ3v) is 15.0. The van der Waals surface area contributed by atoms with E-state index in [0.29, 0.717) is 4.58 Å². The minimum absolute atomic E-state index is 0.278. The van der Waals surface area contributed by atoms with Crippen molar-refractivity contribution >= 4 is 93.4 Å². The van der Waals surface area contributed by atoms with Crippen LogP contribution in [0.2, 0.25) is 0 Å². The highest BCUT2D eigenvalue weighted by Crippen LogP contribution is 2.48. The molecule has 0 spiro atoms. The second-order valence-corrected chi connectivity index (χ2v) is 17.6. The molecule has 238 valence electrons. The Morgan fingerprint density at radius 2 is 0.833 bits per heavy atom. The Kier molecular flexibility index (Phi) is 8.51. The van der Waals surface area contributed by atoms with E-state index in [-0.39, 0.29) is 4.58 Å². The molecular formula is C40H34N4S4. The molecule has 48 heavy (non-hydrogen) atoms. The first-order valence-electron chi connectivity index (χ1n) is 16.5. The van der Waals surface area contributed by atoms with Crippen LogP contribution in [0.25, 0.3) is 68.6 Å². The molecule has 5 aromatic rings. The van der Waals surface area contributed by atoms with Gasteiger partial charge in [0.1, 0.15) is 0 Å². The van der Waals surface area contributed by atoms with Crippen molar-refractivity contribution in [2.45, 2.75) is 22.0 Å². The van der Waals surface area contributed by atoms with E-state index >= 15 is 0 Å². The predicted molar refractivity (Wildman–Crippen MR) is 214 cm³/mol. The summed E-state index contributed by atoms with van der Waals surface area (Å²) in [6, 6.07) is 30.4. The number of benzene rings is 2. The lowest BCUT2D eigenvalue weighted by molar-refractivity contribution is 1.09. The number of aromatic nitrogens is 4. The average molecular weight is 699 g/mol. The normalized spacial score (nSPS) is 16.8. The lowest BCUT2D eigenvalue weighted by Crippen LogP contribution is -2.04. The van der Waals surface area contributed by atoms with Gasteiger partial charge < -0.3 is 9.97 Å². The predicted octanol–water partition coefficient (Wildman–Crippen LogP) is 11.7. The van der Waals surface area contributed by atoms with E-state index < -0.39 is 0 Å². The molecule has 3 aromatic heterocycles. The topological polar surface area (TPSA) is 57.4 Å². The second kappa shape index (κ2) is 13.4. The molecule has 0 radical (unpaired) electrons. The molecule has 2 N–H and O–H groups in total. The van der Waals surface area contributed by atoms with Crippen LogP contribution in [-0.2, 0) is 0 Å². The van der Waals surface area contributed by atoms with Crippen LogP contribution in [0.3, 0.4) is 0 Å². The third-order valence-electron chi connectivity index (χ3n) is 9.09. The van der Waals surface area contributed by atoms with Gasteiger partial charge in [-0.05, 0) is 95.5 Å². The van der Waals surface area contributed by atoms with Crippen molar-refractivity contribution in [3.63, 3.8) is 0 Å². The summed E-state index contributed by atoms with van der Waals surface area (Å²) in [6.45, 7) is 0. The maximum atomic E-state index is 5.43. The van der Waals surface area contributed by atoms with Crippen LogP contribution in [0.15, 0.2) is 84.9 Å². The van der Waals surface area contributed by atoms with Gasteiger partial charge >= 0.3 is 0 Å². The van der Waals surface area contributed by atoms with Crippen LogP contribution in [-0.4, -0.2) is 42.9 Å². The molecule has 0 aliphatic carbocycles. The summed E-state index contributed by atoms with van der Waals surface area (Å²) >= 11 is 8.14. The van der Waals surface area contributed by atoms with Crippen molar-refractivity contribution < 1.29 is 0 Å². The fourth-order valence-electron chi connectivity index (χ4n) is 6.87. The van der Waals surface area contributed by atoms with Gasteiger partial charge in [0.05, 0.1) is 31.9 Å². The zero-order valence-corrected chi connectivity index (χ0v) is 29.6. The van der Waals surface area contributed by atoms with Gasteiger partial charge in [-0.1, -0.05) is 60.7 Å². The van der Waals surface area contributed by atoms with Crippen LogP contribution in [0.5, 0.6) is 0 Å². The Balaban J connectivity index is 1.43. The minimum atomic E-state index is 0.278. The van der Waals surface area contributed by atoms with Crippen molar-refractivity contribution in [2.75, 3.05) is 23.0 Å². The molecular weight excluding hydrogens is 665 g/mol. The molecule has 4 nitrogen and oxygen atoms in total. The fourth-order valence-corrected chi connectivity index (χ4v) is 12.9. The number of aromatic amines is 2. The number of nitrogens with one attached hydrogen (secondary N) is 2. The fraction of sp³-hybridized carbons (Fsp3) is 0.200. The Morgan fingerprint density at radius 1 is 0.438 bits per heavy atom. The van der Waals surface area contributed by atoms with E-state index in [1.807, 2.05) is 47.0 Å². The van der Waals surface area contributed by atoms with E-state index in [0.717, 1.165) is 78.6 Å². The number of thioether (sulfide) groups is 4. The first-order chi connectivity index (χ1) is 23.8. The summed E-state index contributed by atoms with van der Waals surface area (Å²) in [4.78, 5) is 18.7. The van der Waals surface area contributed by atoms with Crippen LogP contribution in [0.1, 0.15) is 55.9 Å². The van der Waals surface area contributed by atoms with Crippen LogP contribution in [0, 0.1) is 0 Å². The summed E-state index contributed by atoms with van der Waals surface area (Å²) in [5.74, 6) is 4.64. The highest BCUT2D eigenvalue weighted by Gasteiger charge is 2.26. The standard InChI is InChI=1S/C40H34N4S4/c1-3-9-25(10-4-1)35-27-13-17-31(41-27)37(39-45-21-7-22-46-39)33-19-15-29(43-33)36(26-11-5-2-6-12-26)30-16-20-34(44-30)38(32-18-14-28(35)42-32)40-47-23-8-24-48-40/h1-6,9-20,39-41,43H,7-8,21-24H2. The Labute approximate surface area is 297 Å². The van der Waals surface area contributed by atoms with Crippen LogP contribution >= 0.6 is 47.0 Å².